The number of nitrogens with one attached hydrogen (secondary N) is 1. The lowest BCUT2D eigenvalue weighted by atomic mass is 10.1. The number of anilines is 1. The minimum Gasteiger partial charge on any atom is -0.367 e. The summed E-state index contributed by atoms with van der Waals surface area (Å²) in [7, 11) is -3.39. The van der Waals surface area contributed by atoms with Gasteiger partial charge in [-0.1, -0.05) is 20.8 Å². The van der Waals surface area contributed by atoms with Crippen molar-refractivity contribution in [3.8, 4) is 0 Å². The highest BCUT2D eigenvalue weighted by Gasteiger charge is 2.17. The molecule has 0 amide bonds. The van der Waals surface area contributed by atoms with Gasteiger partial charge >= 0.3 is 0 Å². The van der Waals surface area contributed by atoms with E-state index in [9.17, 15) is 8.42 Å². The van der Waals surface area contributed by atoms with E-state index in [0.29, 0.717) is 24.0 Å². The Hall–Kier alpha value is -1.11. The molecule has 5 nitrogen and oxygen atoms in total. The van der Waals surface area contributed by atoms with Crippen LogP contribution in [-0.2, 0) is 10.0 Å². The van der Waals surface area contributed by atoms with Crippen LogP contribution in [0.5, 0.6) is 0 Å². The van der Waals surface area contributed by atoms with Gasteiger partial charge in [0.05, 0.1) is 4.90 Å². The van der Waals surface area contributed by atoms with Crippen LogP contribution in [0.15, 0.2) is 29.2 Å². The molecule has 1 aromatic carbocycles. The second-order valence-corrected chi connectivity index (χ2v) is 6.71. The molecule has 0 aliphatic carbocycles. The maximum absolute atomic E-state index is 11.9. The van der Waals surface area contributed by atoms with Crippen LogP contribution in [0.25, 0.3) is 0 Å². The highest BCUT2D eigenvalue weighted by atomic mass is 32.2. The van der Waals surface area contributed by atoms with Gasteiger partial charge in [-0.05, 0) is 37.1 Å². The molecule has 0 aromatic heterocycles. The predicted octanol–water partition coefficient (Wildman–Crippen LogP) is 1.94. The van der Waals surface area contributed by atoms with Crippen LogP contribution >= 0.6 is 0 Å². The summed E-state index contributed by atoms with van der Waals surface area (Å²) in [6, 6.07) is 7.44. The molecule has 120 valence electrons. The van der Waals surface area contributed by atoms with Gasteiger partial charge in [0, 0.05) is 31.4 Å². The van der Waals surface area contributed by atoms with Crippen molar-refractivity contribution in [3.63, 3.8) is 0 Å². The van der Waals surface area contributed by atoms with Gasteiger partial charge in [-0.15, -0.1) is 0 Å². The van der Waals surface area contributed by atoms with Gasteiger partial charge in [0.1, 0.15) is 0 Å². The number of hydrogen-bond acceptors (Lipinski definition) is 4. The van der Waals surface area contributed by atoms with Gasteiger partial charge in [-0.2, -0.15) is 0 Å². The molecule has 1 rings (SSSR count). The third-order valence-electron chi connectivity index (χ3n) is 3.57. The molecule has 6 heteroatoms. The topological polar surface area (TPSA) is 75.4 Å². The Kier molecular flexibility index (Phi) is 7.14. The first-order valence-corrected chi connectivity index (χ1v) is 9.04. The SMILES string of the molecule is CCNS(=O)(=O)c1ccc(N(CCN)C(CC)CC)cc1. The monoisotopic (exact) mass is 313 g/mol. The summed E-state index contributed by atoms with van der Waals surface area (Å²) in [6.45, 7) is 7.81. The van der Waals surface area contributed by atoms with E-state index in [0.717, 1.165) is 25.1 Å². The molecular weight excluding hydrogens is 286 g/mol. The zero-order chi connectivity index (χ0) is 15.9. The fraction of sp³-hybridized carbons (Fsp3) is 0.600. The van der Waals surface area contributed by atoms with E-state index >= 15 is 0 Å². The first-order chi connectivity index (χ1) is 10.00. The van der Waals surface area contributed by atoms with E-state index in [1.54, 1.807) is 19.1 Å². The molecule has 0 unspecified atom stereocenters. The van der Waals surface area contributed by atoms with Gasteiger partial charge in [-0.25, -0.2) is 13.1 Å². The summed E-state index contributed by atoms with van der Waals surface area (Å²) in [5.74, 6) is 0. The highest BCUT2D eigenvalue weighted by molar-refractivity contribution is 7.89. The Bertz CT molecular complexity index is 510. The maximum atomic E-state index is 11.9. The van der Waals surface area contributed by atoms with Crippen molar-refractivity contribution in [2.24, 2.45) is 5.73 Å². The molecule has 1 aromatic rings. The fourth-order valence-corrected chi connectivity index (χ4v) is 3.52. The Morgan fingerprint density at radius 3 is 2.14 bits per heavy atom. The molecule has 0 heterocycles. The molecule has 0 aliphatic heterocycles. The van der Waals surface area contributed by atoms with Crippen molar-refractivity contribution in [1.29, 1.82) is 0 Å². The number of benzene rings is 1. The minimum absolute atomic E-state index is 0.297. The normalized spacial score (nSPS) is 11.9. The third-order valence-corrected chi connectivity index (χ3v) is 5.13. The summed E-state index contributed by atoms with van der Waals surface area (Å²) in [4.78, 5) is 2.55. The summed E-state index contributed by atoms with van der Waals surface area (Å²) in [5, 5.41) is 0. The van der Waals surface area contributed by atoms with Crippen molar-refractivity contribution in [3.05, 3.63) is 24.3 Å². The van der Waals surface area contributed by atoms with Crippen molar-refractivity contribution in [2.75, 3.05) is 24.5 Å². The molecule has 0 atom stereocenters. The largest absolute Gasteiger partial charge is 0.367 e. The van der Waals surface area contributed by atoms with Crippen LogP contribution in [0.1, 0.15) is 33.6 Å². The quantitative estimate of drug-likeness (QED) is 0.730. The second-order valence-electron chi connectivity index (χ2n) is 4.95. The average Bonchev–Trinajstić information content (AvgIpc) is 2.47. The zero-order valence-electron chi connectivity index (χ0n) is 13.2. The van der Waals surface area contributed by atoms with Crippen molar-refractivity contribution < 1.29 is 8.42 Å². The molecular formula is C15H27N3O2S. The molecule has 0 spiro atoms. The first-order valence-electron chi connectivity index (χ1n) is 7.56. The van der Waals surface area contributed by atoms with E-state index in [-0.39, 0.29) is 0 Å². The average molecular weight is 313 g/mol. The maximum Gasteiger partial charge on any atom is 0.240 e. The summed E-state index contributed by atoms with van der Waals surface area (Å²) in [6.07, 6.45) is 2.07. The van der Waals surface area contributed by atoms with Crippen LogP contribution in [0.4, 0.5) is 5.69 Å². The number of rotatable bonds is 9. The molecule has 21 heavy (non-hydrogen) atoms. The van der Waals surface area contributed by atoms with Gasteiger partial charge in [0.15, 0.2) is 0 Å². The van der Waals surface area contributed by atoms with Gasteiger partial charge in [0.25, 0.3) is 0 Å². The standard InChI is InChI=1S/C15H27N3O2S/c1-4-13(5-2)18(12-11-16)14-7-9-15(10-8-14)21(19,20)17-6-3/h7-10,13,17H,4-6,11-12,16H2,1-3H3. The van der Waals surface area contributed by atoms with E-state index in [4.69, 9.17) is 5.73 Å². The van der Waals surface area contributed by atoms with E-state index < -0.39 is 10.0 Å². The predicted molar refractivity (Wildman–Crippen MR) is 88.1 cm³/mol. The Morgan fingerprint density at radius 2 is 1.71 bits per heavy atom. The summed E-state index contributed by atoms with van der Waals surface area (Å²) >= 11 is 0. The molecule has 0 radical (unpaired) electrons. The van der Waals surface area contributed by atoms with Crippen LogP contribution in [-0.4, -0.2) is 34.1 Å². The van der Waals surface area contributed by atoms with Crippen molar-refractivity contribution >= 4 is 15.7 Å². The first kappa shape index (κ1) is 17.9. The van der Waals surface area contributed by atoms with Crippen molar-refractivity contribution in [2.45, 2.75) is 44.6 Å². The van der Waals surface area contributed by atoms with Crippen LogP contribution in [0, 0.1) is 0 Å². The van der Waals surface area contributed by atoms with E-state index in [1.165, 1.54) is 0 Å². The Balaban J connectivity index is 3.03. The lowest BCUT2D eigenvalue weighted by Crippen LogP contribution is -2.38. The van der Waals surface area contributed by atoms with Crippen LogP contribution in [0.3, 0.4) is 0 Å². The van der Waals surface area contributed by atoms with E-state index in [2.05, 4.69) is 23.5 Å². The molecule has 0 bridgehead atoms. The minimum atomic E-state index is -3.39. The lowest BCUT2D eigenvalue weighted by Gasteiger charge is -2.32. The Morgan fingerprint density at radius 1 is 1.14 bits per heavy atom. The van der Waals surface area contributed by atoms with Crippen LogP contribution in [0.2, 0.25) is 0 Å². The molecule has 3 N–H and O–H groups in total. The third kappa shape index (κ3) is 4.69. The number of nitrogens with zero attached hydrogens (tertiary/aromatic N) is 1. The molecule has 0 saturated carbocycles. The smallest absolute Gasteiger partial charge is 0.240 e. The van der Waals surface area contributed by atoms with E-state index in [1.807, 2.05) is 12.1 Å². The van der Waals surface area contributed by atoms with Gasteiger partial charge < -0.3 is 10.6 Å². The zero-order valence-corrected chi connectivity index (χ0v) is 14.0. The fourth-order valence-electron chi connectivity index (χ4n) is 2.48. The van der Waals surface area contributed by atoms with Gasteiger partial charge in [0.2, 0.25) is 10.0 Å². The summed E-state index contributed by atoms with van der Waals surface area (Å²) in [5.41, 5.74) is 6.72. The molecule has 0 fully saturated rings. The molecule has 0 aliphatic rings. The Labute approximate surface area is 128 Å². The number of nitrogens with two attached hydrogens (primary N) is 1. The summed E-state index contributed by atoms with van der Waals surface area (Å²) < 4.78 is 26.4. The number of hydrogen-bond donors (Lipinski definition) is 2. The second kappa shape index (κ2) is 8.36. The molecule has 0 saturated heterocycles. The van der Waals surface area contributed by atoms with Crippen LogP contribution < -0.4 is 15.4 Å². The van der Waals surface area contributed by atoms with Crippen molar-refractivity contribution in [1.82, 2.24) is 4.72 Å². The highest BCUT2D eigenvalue weighted by Crippen LogP contribution is 2.22. The lowest BCUT2D eigenvalue weighted by molar-refractivity contribution is 0.559. The van der Waals surface area contributed by atoms with Gasteiger partial charge in [-0.3, -0.25) is 0 Å². The number of sulfonamides is 1.